The second-order valence-corrected chi connectivity index (χ2v) is 5.24. The van der Waals surface area contributed by atoms with E-state index in [1.54, 1.807) is 12.1 Å². The van der Waals surface area contributed by atoms with Crippen LogP contribution in [-0.2, 0) is 11.3 Å². The minimum Gasteiger partial charge on any atom is -0.389 e. The lowest BCUT2D eigenvalue weighted by Gasteiger charge is -2.21. The van der Waals surface area contributed by atoms with Crippen LogP contribution in [-0.4, -0.2) is 22.3 Å². The number of hydrogen-bond donors (Lipinski definition) is 1. The molecule has 1 fully saturated rings. The van der Waals surface area contributed by atoms with Crippen LogP contribution in [0.2, 0.25) is 0 Å². The third-order valence-electron chi connectivity index (χ3n) is 3.34. The topological polar surface area (TPSA) is 46.3 Å². The number of halogens is 1. The van der Waals surface area contributed by atoms with Gasteiger partial charge in [-0.2, -0.15) is 0 Å². The molecule has 0 spiro atoms. The van der Waals surface area contributed by atoms with Crippen LogP contribution in [0, 0.1) is 5.82 Å². The molecule has 0 atom stereocenters. The summed E-state index contributed by atoms with van der Waals surface area (Å²) in [4.78, 5) is 13.8. The molecule has 0 saturated carbocycles. The van der Waals surface area contributed by atoms with Crippen molar-refractivity contribution in [3.8, 4) is 0 Å². The van der Waals surface area contributed by atoms with Gasteiger partial charge in [-0.25, -0.2) is 4.39 Å². The van der Waals surface area contributed by atoms with Gasteiger partial charge in [0.15, 0.2) is 0 Å². The highest BCUT2D eigenvalue weighted by Crippen LogP contribution is 2.16. The Hall–Kier alpha value is -1.49. The van der Waals surface area contributed by atoms with Crippen molar-refractivity contribution in [3.63, 3.8) is 0 Å². The van der Waals surface area contributed by atoms with Crippen molar-refractivity contribution in [3.05, 3.63) is 35.1 Å². The van der Waals surface area contributed by atoms with E-state index in [1.807, 2.05) is 4.90 Å². The highest BCUT2D eigenvalue weighted by Gasteiger charge is 2.17. The number of carbonyl (C=O) groups excluding carboxylic acids is 1. The van der Waals surface area contributed by atoms with Crippen molar-refractivity contribution in [1.82, 2.24) is 4.90 Å². The predicted molar refractivity (Wildman–Crippen MR) is 76.2 cm³/mol. The van der Waals surface area contributed by atoms with E-state index in [4.69, 9.17) is 18.0 Å². The van der Waals surface area contributed by atoms with E-state index in [-0.39, 0.29) is 16.5 Å². The standard InChI is InChI=1S/C14H17FN2OS/c15-12-6-5-10(8-11(12)14(16)19)9-17-7-3-1-2-4-13(17)18/h5-6,8H,1-4,7,9H2,(H2,16,19). The first kappa shape index (κ1) is 13.9. The van der Waals surface area contributed by atoms with Gasteiger partial charge in [0.25, 0.3) is 0 Å². The molecule has 0 unspecified atom stereocenters. The predicted octanol–water partition coefficient (Wildman–Crippen LogP) is 2.36. The zero-order valence-electron chi connectivity index (χ0n) is 10.7. The second kappa shape index (κ2) is 6.10. The summed E-state index contributed by atoms with van der Waals surface area (Å²) in [5.74, 6) is -0.253. The molecule has 19 heavy (non-hydrogen) atoms. The van der Waals surface area contributed by atoms with E-state index >= 15 is 0 Å². The van der Waals surface area contributed by atoms with Crippen LogP contribution in [0.25, 0.3) is 0 Å². The number of benzene rings is 1. The molecular weight excluding hydrogens is 263 g/mol. The molecule has 2 N–H and O–H groups in total. The summed E-state index contributed by atoms with van der Waals surface area (Å²) in [5, 5.41) is 0. The zero-order valence-corrected chi connectivity index (χ0v) is 11.5. The number of hydrogen-bond acceptors (Lipinski definition) is 2. The zero-order chi connectivity index (χ0) is 13.8. The molecule has 0 aromatic heterocycles. The van der Waals surface area contributed by atoms with E-state index in [0.717, 1.165) is 31.4 Å². The van der Waals surface area contributed by atoms with Gasteiger partial charge in [-0.1, -0.05) is 24.7 Å². The molecule has 1 amide bonds. The highest BCUT2D eigenvalue weighted by molar-refractivity contribution is 7.80. The fourth-order valence-corrected chi connectivity index (χ4v) is 2.44. The third-order valence-corrected chi connectivity index (χ3v) is 3.56. The summed E-state index contributed by atoms with van der Waals surface area (Å²) in [5.41, 5.74) is 6.59. The van der Waals surface area contributed by atoms with Gasteiger partial charge < -0.3 is 10.6 Å². The van der Waals surface area contributed by atoms with Crippen LogP contribution >= 0.6 is 12.2 Å². The van der Waals surface area contributed by atoms with E-state index in [9.17, 15) is 9.18 Å². The molecule has 1 aliphatic heterocycles. The number of rotatable bonds is 3. The molecule has 0 aliphatic carbocycles. The number of carbonyl (C=O) groups is 1. The lowest BCUT2D eigenvalue weighted by atomic mass is 10.1. The van der Waals surface area contributed by atoms with Gasteiger partial charge in [0.1, 0.15) is 10.8 Å². The molecule has 1 aliphatic rings. The van der Waals surface area contributed by atoms with Gasteiger partial charge >= 0.3 is 0 Å². The Kier molecular flexibility index (Phi) is 4.47. The maximum absolute atomic E-state index is 13.5. The first-order chi connectivity index (χ1) is 9.08. The summed E-state index contributed by atoms with van der Waals surface area (Å²) in [6, 6.07) is 4.66. The molecule has 5 heteroatoms. The van der Waals surface area contributed by atoms with Crippen LogP contribution in [0.15, 0.2) is 18.2 Å². The van der Waals surface area contributed by atoms with Gasteiger partial charge in [-0.15, -0.1) is 0 Å². The second-order valence-electron chi connectivity index (χ2n) is 4.80. The maximum atomic E-state index is 13.5. The van der Waals surface area contributed by atoms with E-state index in [1.165, 1.54) is 6.07 Å². The van der Waals surface area contributed by atoms with Gasteiger partial charge in [-0.3, -0.25) is 4.79 Å². The summed E-state index contributed by atoms with van der Waals surface area (Å²) in [6.45, 7) is 1.26. The molecule has 0 radical (unpaired) electrons. The average Bonchev–Trinajstić information content (AvgIpc) is 2.57. The smallest absolute Gasteiger partial charge is 0.222 e. The van der Waals surface area contributed by atoms with Crippen LogP contribution in [0.3, 0.4) is 0 Å². The van der Waals surface area contributed by atoms with E-state index in [0.29, 0.717) is 13.0 Å². The number of nitrogens with zero attached hydrogens (tertiary/aromatic N) is 1. The molecule has 3 nitrogen and oxygen atoms in total. The van der Waals surface area contributed by atoms with Crippen molar-refractivity contribution < 1.29 is 9.18 Å². The molecule has 0 bridgehead atoms. The fourth-order valence-electron chi connectivity index (χ4n) is 2.29. The molecule has 2 rings (SSSR count). The molecule has 1 aromatic rings. The Morgan fingerprint density at radius 2 is 2.16 bits per heavy atom. The first-order valence-electron chi connectivity index (χ1n) is 6.44. The van der Waals surface area contributed by atoms with E-state index < -0.39 is 5.82 Å². The lowest BCUT2D eigenvalue weighted by molar-refractivity contribution is -0.131. The molecule has 1 heterocycles. The van der Waals surface area contributed by atoms with E-state index in [2.05, 4.69) is 0 Å². The van der Waals surface area contributed by atoms with Crippen molar-refractivity contribution in [1.29, 1.82) is 0 Å². The monoisotopic (exact) mass is 280 g/mol. The summed E-state index contributed by atoms with van der Waals surface area (Å²) < 4.78 is 13.5. The highest BCUT2D eigenvalue weighted by atomic mass is 32.1. The van der Waals surface area contributed by atoms with Gasteiger partial charge in [-0.05, 0) is 30.5 Å². The van der Waals surface area contributed by atoms with Crippen LogP contribution in [0.5, 0.6) is 0 Å². The largest absolute Gasteiger partial charge is 0.389 e. The quantitative estimate of drug-likeness (QED) is 0.865. The van der Waals surface area contributed by atoms with Crippen molar-refractivity contribution in [2.75, 3.05) is 6.54 Å². The van der Waals surface area contributed by atoms with Gasteiger partial charge in [0.05, 0.1) is 0 Å². The van der Waals surface area contributed by atoms with Crippen molar-refractivity contribution in [2.24, 2.45) is 5.73 Å². The number of likely N-dealkylation sites (tertiary alicyclic amines) is 1. The van der Waals surface area contributed by atoms with Crippen molar-refractivity contribution in [2.45, 2.75) is 32.2 Å². The summed E-state index contributed by atoms with van der Waals surface area (Å²) >= 11 is 4.82. The Labute approximate surface area is 117 Å². The van der Waals surface area contributed by atoms with Gasteiger partial charge in [0, 0.05) is 25.1 Å². The van der Waals surface area contributed by atoms with Crippen LogP contribution < -0.4 is 5.73 Å². The molecule has 102 valence electrons. The Balaban J connectivity index is 2.16. The maximum Gasteiger partial charge on any atom is 0.222 e. The summed E-state index contributed by atoms with van der Waals surface area (Å²) in [6.07, 6.45) is 3.67. The third kappa shape index (κ3) is 3.50. The molecular formula is C14H17FN2OS. The normalized spacial score (nSPS) is 16.3. The number of thiocarbonyl (C=S) groups is 1. The number of nitrogens with two attached hydrogens (primary N) is 1. The minimum absolute atomic E-state index is 0.0431. The Morgan fingerprint density at radius 1 is 1.37 bits per heavy atom. The first-order valence-corrected chi connectivity index (χ1v) is 6.85. The van der Waals surface area contributed by atoms with Gasteiger partial charge in [0.2, 0.25) is 5.91 Å². The minimum atomic E-state index is -0.418. The molecule has 1 saturated heterocycles. The van der Waals surface area contributed by atoms with Crippen LogP contribution in [0.4, 0.5) is 4.39 Å². The Morgan fingerprint density at radius 3 is 2.89 bits per heavy atom. The van der Waals surface area contributed by atoms with Crippen molar-refractivity contribution >= 4 is 23.1 Å². The Bertz CT molecular complexity index is 504. The average molecular weight is 280 g/mol. The summed E-state index contributed by atoms with van der Waals surface area (Å²) in [7, 11) is 0. The lowest BCUT2D eigenvalue weighted by Crippen LogP contribution is -2.29. The SMILES string of the molecule is NC(=S)c1cc(CN2CCCCCC2=O)ccc1F. The molecule has 1 aromatic carbocycles. The fraction of sp³-hybridized carbons (Fsp3) is 0.429. The van der Waals surface area contributed by atoms with Crippen LogP contribution in [0.1, 0.15) is 36.8 Å². The number of amides is 1.